The van der Waals surface area contributed by atoms with Crippen molar-refractivity contribution in [3.8, 4) is 5.75 Å². The minimum Gasteiger partial charge on any atom is -0.496 e. The highest BCUT2D eigenvalue weighted by Gasteiger charge is 2.16. The monoisotopic (exact) mass is 370 g/mol. The normalized spacial score (nSPS) is 15.1. The van der Waals surface area contributed by atoms with Crippen molar-refractivity contribution in [2.45, 2.75) is 44.8 Å². The second kappa shape index (κ2) is 9.32. The summed E-state index contributed by atoms with van der Waals surface area (Å²) in [5, 5.41) is 21.2. The molecule has 1 unspecified atom stereocenters. The third kappa shape index (κ3) is 5.17. The summed E-state index contributed by atoms with van der Waals surface area (Å²) in [6.45, 7) is 0.787. The number of hydrogen-bond donors (Lipinski definition) is 2. The van der Waals surface area contributed by atoms with Crippen molar-refractivity contribution in [3.05, 3.63) is 53.4 Å². The number of hydrogen-bond acceptors (Lipinski definition) is 5. The summed E-state index contributed by atoms with van der Waals surface area (Å²) in [4.78, 5) is 12.2. The van der Waals surface area contributed by atoms with Gasteiger partial charge in [0.15, 0.2) is 5.69 Å². The van der Waals surface area contributed by atoms with Gasteiger partial charge in [0.2, 0.25) is 0 Å². The standard InChI is InChI=1S/C20H26N4O3/c1-27-19-10-6-5-9-16(19)18(25)14-24-13-17(22-23-24)20(26)21-12-11-15-7-3-2-4-8-15/h5-7,9-10,13,18,25H,2-4,8,11-12,14H2,1H3,(H,21,26). The molecular formula is C20H26N4O3. The highest BCUT2D eigenvalue weighted by molar-refractivity contribution is 5.91. The number of amides is 1. The van der Waals surface area contributed by atoms with E-state index in [1.54, 1.807) is 25.4 Å². The van der Waals surface area contributed by atoms with E-state index >= 15 is 0 Å². The van der Waals surface area contributed by atoms with E-state index in [4.69, 9.17) is 4.74 Å². The molecule has 1 aliphatic carbocycles. The van der Waals surface area contributed by atoms with Gasteiger partial charge in [-0.05, 0) is 38.2 Å². The summed E-state index contributed by atoms with van der Waals surface area (Å²) in [5.41, 5.74) is 2.34. The van der Waals surface area contributed by atoms with Crippen LogP contribution in [0.3, 0.4) is 0 Å². The number of carbonyl (C=O) groups excluding carboxylic acids is 1. The van der Waals surface area contributed by atoms with Crippen LogP contribution in [-0.4, -0.2) is 39.7 Å². The third-order valence-corrected chi connectivity index (χ3v) is 4.75. The first-order valence-corrected chi connectivity index (χ1v) is 9.34. The molecule has 3 rings (SSSR count). The van der Waals surface area contributed by atoms with Gasteiger partial charge in [0.05, 0.1) is 19.9 Å². The molecule has 2 N–H and O–H groups in total. The number of aliphatic hydroxyl groups is 1. The van der Waals surface area contributed by atoms with Crippen LogP contribution >= 0.6 is 0 Å². The summed E-state index contributed by atoms with van der Waals surface area (Å²) in [5.74, 6) is 0.365. The Kier molecular flexibility index (Phi) is 6.59. The van der Waals surface area contributed by atoms with Crippen molar-refractivity contribution in [2.24, 2.45) is 0 Å². The van der Waals surface area contributed by atoms with Crippen LogP contribution in [0.25, 0.3) is 0 Å². The number of para-hydroxylation sites is 1. The molecular weight excluding hydrogens is 344 g/mol. The fraction of sp³-hybridized carbons (Fsp3) is 0.450. The second-order valence-corrected chi connectivity index (χ2v) is 6.70. The van der Waals surface area contributed by atoms with Gasteiger partial charge in [0.25, 0.3) is 5.91 Å². The molecule has 144 valence electrons. The Morgan fingerprint density at radius 2 is 2.22 bits per heavy atom. The Bertz CT molecular complexity index is 800. The van der Waals surface area contributed by atoms with Crippen molar-refractivity contribution in [1.82, 2.24) is 20.3 Å². The molecule has 1 atom stereocenters. The fourth-order valence-electron chi connectivity index (χ4n) is 3.27. The first-order chi connectivity index (χ1) is 13.2. The Balaban J connectivity index is 1.52. The maximum absolute atomic E-state index is 12.2. The van der Waals surface area contributed by atoms with Gasteiger partial charge < -0.3 is 15.2 Å². The predicted octanol–water partition coefficient (Wildman–Crippen LogP) is 2.64. The number of nitrogens with one attached hydrogen (secondary N) is 1. The summed E-state index contributed by atoms with van der Waals surface area (Å²) in [7, 11) is 1.56. The number of methoxy groups -OCH3 is 1. The molecule has 2 aromatic rings. The van der Waals surface area contributed by atoms with E-state index < -0.39 is 6.10 Å². The number of rotatable bonds is 8. The van der Waals surface area contributed by atoms with Gasteiger partial charge in [-0.3, -0.25) is 4.79 Å². The van der Waals surface area contributed by atoms with E-state index in [1.807, 2.05) is 12.1 Å². The lowest BCUT2D eigenvalue weighted by molar-refractivity contribution is 0.0948. The van der Waals surface area contributed by atoms with E-state index in [1.165, 1.54) is 23.1 Å². The van der Waals surface area contributed by atoms with E-state index in [2.05, 4.69) is 21.7 Å². The maximum atomic E-state index is 12.2. The van der Waals surface area contributed by atoms with Crippen LogP contribution in [0.5, 0.6) is 5.75 Å². The van der Waals surface area contributed by atoms with Crippen LogP contribution in [0.15, 0.2) is 42.1 Å². The predicted molar refractivity (Wildman–Crippen MR) is 101 cm³/mol. The zero-order valence-corrected chi connectivity index (χ0v) is 15.6. The Labute approximate surface area is 159 Å². The third-order valence-electron chi connectivity index (χ3n) is 4.75. The molecule has 1 aliphatic rings. The van der Waals surface area contributed by atoms with E-state index in [9.17, 15) is 9.90 Å². The molecule has 0 radical (unpaired) electrons. The Morgan fingerprint density at radius 1 is 1.37 bits per heavy atom. The van der Waals surface area contributed by atoms with Gasteiger partial charge in [-0.2, -0.15) is 0 Å². The quantitative estimate of drug-likeness (QED) is 0.697. The molecule has 0 aliphatic heterocycles. The summed E-state index contributed by atoms with van der Waals surface area (Å²) in [6.07, 6.45) is 8.68. The first kappa shape index (κ1) is 19.1. The van der Waals surface area contributed by atoms with E-state index in [0.717, 1.165) is 19.3 Å². The molecule has 7 nitrogen and oxygen atoms in total. The van der Waals surface area contributed by atoms with Gasteiger partial charge in [0.1, 0.15) is 11.9 Å². The Hall–Kier alpha value is -2.67. The molecule has 0 bridgehead atoms. The highest BCUT2D eigenvalue weighted by Crippen LogP contribution is 2.25. The molecule has 27 heavy (non-hydrogen) atoms. The van der Waals surface area contributed by atoms with Crippen molar-refractivity contribution in [1.29, 1.82) is 0 Å². The fourth-order valence-corrected chi connectivity index (χ4v) is 3.27. The maximum Gasteiger partial charge on any atom is 0.273 e. The minimum absolute atomic E-state index is 0.188. The van der Waals surface area contributed by atoms with Gasteiger partial charge in [-0.25, -0.2) is 4.68 Å². The van der Waals surface area contributed by atoms with Crippen LogP contribution in [0.2, 0.25) is 0 Å². The molecule has 0 spiro atoms. The van der Waals surface area contributed by atoms with Gasteiger partial charge in [-0.15, -0.1) is 5.10 Å². The lowest BCUT2D eigenvalue weighted by atomic mass is 9.97. The van der Waals surface area contributed by atoms with Crippen LogP contribution in [0, 0.1) is 0 Å². The molecule has 1 amide bonds. The van der Waals surface area contributed by atoms with Crippen LogP contribution < -0.4 is 10.1 Å². The van der Waals surface area contributed by atoms with Crippen molar-refractivity contribution < 1.29 is 14.6 Å². The number of carbonyl (C=O) groups is 1. The van der Waals surface area contributed by atoms with Crippen molar-refractivity contribution in [2.75, 3.05) is 13.7 Å². The summed E-state index contributed by atoms with van der Waals surface area (Å²) in [6, 6.07) is 7.27. The summed E-state index contributed by atoms with van der Waals surface area (Å²) < 4.78 is 6.74. The first-order valence-electron chi connectivity index (χ1n) is 9.34. The van der Waals surface area contributed by atoms with Crippen molar-refractivity contribution in [3.63, 3.8) is 0 Å². The summed E-state index contributed by atoms with van der Waals surface area (Å²) >= 11 is 0. The van der Waals surface area contributed by atoms with Gasteiger partial charge in [0, 0.05) is 12.1 Å². The molecule has 0 fully saturated rings. The largest absolute Gasteiger partial charge is 0.496 e. The SMILES string of the molecule is COc1ccccc1C(O)Cn1cc(C(=O)NCCC2=CCCCC2)nn1. The Morgan fingerprint density at radius 3 is 3.00 bits per heavy atom. The molecule has 0 saturated heterocycles. The van der Waals surface area contributed by atoms with Crippen molar-refractivity contribution >= 4 is 5.91 Å². The minimum atomic E-state index is -0.808. The van der Waals surface area contributed by atoms with Crippen LogP contribution in [0.1, 0.15) is 54.3 Å². The van der Waals surface area contributed by atoms with Crippen LogP contribution in [-0.2, 0) is 6.54 Å². The van der Waals surface area contributed by atoms with E-state index in [-0.39, 0.29) is 18.1 Å². The topological polar surface area (TPSA) is 89.3 Å². The molecule has 0 saturated carbocycles. The zero-order chi connectivity index (χ0) is 19.1. The average molecular weight is 370 g/mol. The number of benzene rings is 1. The molecule has 7 heteroatoms. The highest BCUT2D eigenvalue weighted by atomic mass is 16.5. The zero-order valence-electron chi connectivity index (χ0n) is 15.6. The van der Waals surface area contributed by atoms with E-state index in [0.29, 0.717) is 17.9 Å². The number of nitrogens with zero attached hydrogens (tertiary/aromatic N) is 3. The van der Waals surface area contributed by atoms with Gasteiger partial charge >= 0.3 is 0 Å². The van der Waals surface area contributed by atoms with Crippen LogP contribution in [0.4, 0.5) is 0 Å². The number of aromatic nitrogens is 3. The number of ether oxygens (including phenoxy) is 1. The van der Waals surface area contributed by atoms with Gasteiger partial charge in [-0.1, -0.05) is 35.1 Å². The number of aliphatic hydroxyl groups excluding tert-OH is 1. The molecule has 1 aromatic carbocycles. The molecule has 1 heterocycles. The molecule has 1 aromatic heterocycles. The lowest BCUT2D eigenvalue weighted by Crippen LogP contribution is -2.25. The second-order valence-electron chi connectivity index (χ2n) is 6.70. The number of allylic oxidation sites excluding steroid dienone is 1. The smallest absolute Gasteiger partial charge is 0.273 e. The lowest BCUT2D eigenvalue weighted by Gasteiger charge is -2.14. The average Bonchev–Trinajstić information content (AvgIpc) is 3.17.